The minimum atomic E-state index is 0.104. The Hall–Kier alpha value is -1.36. The van der Waals surface area contributed by atoms with Gasteiger partial charge in [0.15, 0.2) is 5.16 Å². The Morgan fingerprint density at radius 3 is 2.67 bits per heavy atom. The Balaban J connectivity index is 2.18. The van der Waals surface area contributed by atoms with Crippen LogP contribution < -0.4 is 5.56 Å². The number of rotatable bonds is 2. The lowest BCUT2D eigenvalue weighted by atomic mass is 9.87. The summed E-state index contributed by atoms with van der Waals surface area (Å²) < 4.78 is 1.93. The summed E-state index contributed by atoms with van der Waals surface area (Å²) in [5.74, 6) is 0.768. The normalized spacial score (nSPS) is 22.6. The second-order valence-electron chi connectivity index (χ2n) is 6.05. The van der Waals surface area contributed by atoms with E-state index < -0.39 is 0 Å². The van der Waals surface area contributed by atoms with Gasteiger partial charge < -0.3 is 0 Å². The van der Waals surface area contributed by atoms with Crippen LogP contribution in [-0.4, -0.2) is 20.8 Å². The maximum atomic E-state index is 12.7. The molecule has 1 saturated carbocycles. The SMILES string of the molecule is CSc1ncc2cc(C)c(=O)n(C3CCC(C)CC3)c2n1. The van der Waals surface area contributed by atoms with Crippen molar-refractivity contribution in [1.82, 2.24) is 14.5 Å². The van der Waals surface area contributed by atoms with Gasteiger partial charge in [0.05, 0.1) is 0 Å². The van der Waals surface area contributed by atoms with Gasteiger partial charge in [-0.25, -0.2) is 9.97 Å². The van der Waals surface area contributed by atoms with E-state index in [2.05, 4.69) is 16.9 Å². The maximum absolute atomic E-state index is 12.7. The lowest BCUT2D eigenvalue weighted by Crippen LogP contribution is -2.30. The van der Waals surface area contributed by atoms with E-state index in [0.717, 1.165) is 40.5 Å². The Bertz CT molecular complexity index is 717. The van der Waals surface area contributed by atoms with Crippen molar-refractivity contribution < 1.29 is 0 Å². The third-order valence-corrected chi connectivity index (χ3v) is 5.03. The van der Waals surface area contributed by atoms with Gasteiger partial charge in [-0.3, -0.25) is 9.36 Å². The summed E-state index contributed by atoms with van der Waals surface area (Å²) in [6.07, 6.45) is 8.30. The fraction of sp³-hybridized carbons (Fsp3) is 0.562. The van der Waals surface area contributed by atoms with Crippen molar-refractivity contribution in [2.24, 2.45) is 5.92 Å². The highest BCUT2D eigenvalue weighted by atomic mass is 32.2. The average molecular weight is 303 g/mol. The predicted molar refractivity (Wildman–Crippen MR) is 87.0 cm³/mol. The molecule has 0 saturated heterocycles. The molecule has 0 N–H and O–H groups in total. The zero-order valence-corrected chi connectivity index (χ0v) is 13.6. The number of nitrogens with zero attached hydrogens (tertiary/aromatic N) is 3. The molecule has 0 bridgehead atoms. The van der Waals surface area contributed by atoms with E-state index in [0.29, 0.717) is 0 Å². The van der Waals surface area contributed by atoms with Crippen molar-refractivity contribution >= 4 is 22.8 Å². The molecule has 0 spiro atoms. The molecule has 0 atom stereocenters. The van der Waals surface area contributed by atoms with Gasteiger partial charge >= 0.3 is 0 Å². The molecule has 1 aliphatic rings. The highest BCUT2D eigenvalue weighted by Gasteiger charge is 2.23. The van der Waals surface area contributed by atoms with Crippen molar-refractivity contribution in [3.8, 4) is 0 Å². The van der Waals surface area contributed by atoms with E-state index >= 15 is 0 Å². The maximum Gasteiger partial charge on any atom is 0.255 e. The molecule has 1 fully saturated rings. The number of pyridine rings is 1. The number of hydrogen-bond donors (Lipinski definition) is 0. The topological polar surface area (TPSA) is 47.8 Å². The van der Waals surface area contributed by atoms with Crippen LogP contribution in [0, 0.1) is 12.8 Å². The molecule has 112 valence electrons. The number of hydrogen-bond acceptors (Lipinski definition) is 4. The van der Waals surface area contributed by atoms with E-state index in [1.807, 2.05) is 30.0 Å². The van der Waals surface area contributed by atoms with Crippen molar-refractivity contribution in [2.45, 2.75) is 50.7 Å². The summed E-state index contributed by atoms with van der Waals surface area (Å²) >= 11 is 1.51. The molecule has 21 heavy (non-hydrogen) atoms. The predicted octanol–water partition coefficient (Wildman–Crippen LogP) is 3.57. The quantitative estimate of drug-likeness (QED) is 0.628. The number of thioether (sulfide) groups is 1. The summed E-state index contributed by atoms with van der Waals surface area (Å²) in [4.78, 5) is 21.6. The number of fused-ring (bicyclic) bond motifs is 1. The van der Waals surface area contributed by atoms with Gasteiger partial charge in [0.2, 0.25) is 0 Å². The number of aryl methyl sites for hydroxylation is 1. The Labute approximate surface area is 129 Å². The Morgan fingerprint density at radius 1 is 1.29 bits per heavy atom. The van der Waals surface area contributed by atoms with Crippen LogP contribution in [0.4, 0.5) is 0 Å². The van der Waals surface area contributed by atoms with Gasteiger partial charge in [-0.05, 0) is 50.8 Å². The van der Waals surface area contributed by atoms with E-state index in [-0.39, 0.29) is 11.6 Å². The molecule has 0 radical (unpaired) electrons. The van der Waals surface area contributed by atoms with E-state index in [4.69, 9.17) is 0 Å². The van der Waals surface area contributed by atoms with Crippen LogP contribution in [0.1, 0.15) is 44.2 Å². The van der Waals surface area contributed by atoms with Crippen LogP contribution in [-0.2, 0) is 0 Å². The van der Waals surface area contributed by atoms with Crippen molar-refractivity contribution in [1.29, 1.82) is 0 Å². The zero-order valence-electron chi connectivity index (χ0n) is 12.8. The van der Waals surface area contributed by atoms with E-state index in [1.165, 1.54) is 24.6 Å². The van der Waals surface area contributed by atoms with Gasteiger partial charge in [-0.1, -0.05) is 18.7 Å². The molecule has 2 aromatic heterocycles. The summed E-state index contributed by atoms with van der Waals surface area (Å²) in [7, 11) is 0. The smallest absolute Gasteiger partial charge is 0.255 e. The molecule has 2 aromatic rings. The third-order valence-electron chi connectivity index (χ3n) is 4.46. The van der Waals surface area contributed by atoms with Crippen LogP contribution in [0.15, 0.2) is 22.2 Å². The lowest BCUT2D eigenvalue weighted by molar-refractivity contribution is 0.289. The lowest BCUT2D eigenvalue weighted by Gasteiger charge is -2.28. The third kappa shape index (κ3) is 2.71. The van der Waals surface area contributed by atoms with Gasteiger partial charge in [0, 0.05) is 23.2 Å². The van der Waals surface area contributed by atoms with Gasteiger partial charge in [-0.2, -0.15) is 0 Å². The molecule has 0 unspecified atom stereocenters. The molecule has 1 aliphatic carbocycles. The van der Waals surface area contributed by atoms with Crippen LogP contribution in [0.2, 0.25) is 0 Å². The largest absolute Gasteiger partial charge is 0.289 e. The molecule has 3 rings (SSSR count). The van der Waals surface area contributed by atoms with Crippen LogP contribution in [0.3, 0.4) is 0 Å². The summed E-state index contributed by atoms with van der Waals surface area (Å²) in [6, 6.07) is 2.18. The fourth-order valence-corrected chi connectivity index (χ4v) is 3.52. The van der Waals surface area contributed by atoms with Gasteiger partial charge in [0.1, 0.15) is 5.65 Å². The second kappa shape index (κ2) is 5.79. The minimum Gasteiger partial charge on any atom is -0.289 e. The average Bonchev–Trinajstić information content (AvgIpc) is 2.49. The minimum absolute atomic E-state index is 0.104. The first-order valence-electron chi connectivity index (χ1n) is 7.53. The molecule has 4 nitrogen and oxygen atoms in total. The van der Waals surface area contributed by atoms with Crippen molar-refractivity contribution in [3.05, 3.63) is 28.2 Å². The first-order valence-corrected chi connectivity index (χ1v) is 8.75. The molecule has 5 heteroatoms. The second-order valence-corrected chi connectivity index (χ2v) is 6.83. The molecule has 2 heterocycles. The zero-order chi connectivity index (χ0) is 15.0. The Kier molecular flexibility index (Phi) is 4.02. The summed E-state index contributed by atoms with van der Waals surface area (Å²) in [5.41, 5.74) is 1.68. The van der Waals surface area contributed by atoms with E-state index in [9.17, 15) is 4.79 Å². The molecule has 0 aromatic carbocycles. The van der Waals surface area contributed by atoms with Crippen molar-refractivity contribution in [2.75, 3.05) is 6.26 Å². The summed E-state index contributed by atoms with van der Waals surface area (Å²) in [6.45, 7) is 4.17. The Morgan fingerprint density at radius 2 is 2.00 bits per heavy atom. The first-order chi connectivity index (χ1) is 10.1. The first kappa shape index (κ1) is 14.6. The van der Waals surface area contributed by atoms with E-state index in [1.54, 1.807) is 0 Å². The monoisotopic (exact) mass is 303 g/mol. The van der Waals surface area contributed by atoms with Crippen LogP contribution in [0.25, 0.3) is 11.0 Å². The summed E-state index contributed by atoms with van der Waals surface area (Å²) in [5, 5.41) is 1.69. The van der Waals surface area contributed by atoms with Crippen LogP contribution in [0.5, 0.6) is 0 Å². The van der Waals surface area contributed by atoms with Crippen molar-refractivity contribution in [3.63, 3.8) is 0 Å². The molecular weight excluding hydrogens is 282 g/mol. The highest BCUT2D eigenvalue weighted by Crippen LogP contribution is 2.32. The fourth-order valence-electron chi connectivity index (χ4n) is 3.18. The van der Waals surface area contributed by atoms with Crippen LogP contribution >= 0.6 is 11.8 Å². The van der Waals surface area contributed by atoms with Gasteiger partial charge in [-0.15, -0.1) is 0 Å². The highest BCUT2D eigenvalue weighted by molar-refractivity contribution is 7.98. The van der Waals surface area contributed by atoms with Gasteiger partial charge in [0.25, 0.3) is 5.56 Å². The number of aromatic nitrogens is 3. The molecule has 0 amide bonds. The molecule has 0 aliphatic heterocycles. The standard InChI is InChI=1S/C16H21N3OS/c1-10-4-6-13(7-5-10)19-14-12(8-11(2)15(19)20)9-17-16(18-14)21-3/h8-10,13H,4-7H2,1-3H3. The molecular formula is C16H21N3OS.